The van der Waals surface area contributed by atoms with Crippen molar-refractivity contribution in [2.75, 3.05) is 0 Å². The molecule has 1 atom stereocenters. The number of nitrogens with zero attached hydrogens (tertiary/aromatic N) is 2. The highest BCUT2D eigenvalue weighted by Crippen LogP contribution is 2.50. The van der Waals surface area contributed by atoms with Crippen LogP contribution in [-0.4, -0.2) is 4.92 Å². The fraction of sp³-hybridized carbons (Fsp3) is 0.138. The van der Waals surface area contributed by atoms with Crippen LogP contribution in [0.4, 0.5) is 10.1 Å². The Bertz CT molecular complexity index is 1280. The van der Waals surface area contributed by atoms with E-state index in [9.17, 15) is 19.8 Å². The first-order chi connectivity index (χ1) is 16.4. The quantitative estimate of drug-likeness (QED) is 0.231. The van der Waals surface area contributed by atoms with Crippen LogP contribution in [0.5, 0.6) is 0 Å². The van der Waals surface area contributed by atoms with E-state index in [2.05, 4.69) is 6.07 Å². The molecule has 0 spiro atoms. The molecule has 0 radical (unpaired) electrons. The van der Waals surface area contributed by atoms with Gasteiger partial charge in [0.2, 0.25) is 0 Å². The number of nitriles is 1. The Kier molecular flexibility index (Phi) is 6.25. The highest BCUT2D eigenvalue weighted by Gasteiger charge is 2.52. The van der Waals surface area contributed by atoms with E-state index in [4.69, 9.17) is 0 Å². The second kappa shape index (κ2) is 9.29. The molecular weight excluding hydrogens is 427 g/mol. The zero-order valence-electron chi connectivity index (χ0n) is 18.7. The van der Waals surface area contributed by atoms with Gasteiger partial charge in [0.25, 0.3) is 5.69 Å². The standard InChI is InChI=1S/C29H23FN2O2/c1-28(23-8-4-2-5-9-23,24-10-6-3-7-11-24)29(21-31,25-14-16-26(30)17-15-25)20-22-12-18-27(19-13-22)32(33)34/h2-19H,20H2,1H3. The number of benzene rings is 4. The van der Waals surface area contributed by atoms with E-state index in [1.165, 1.54) is 24.3 Å². The number of non-ortho nitro benzene ring substituents is 1. The fourth-order valence-corrected chi connectivity index (χ4v) is 4.76. The molecule has 0 aliphatic carbocycles. The van der Waals surface area contributed by atoms with Gasteiger partial charge < -0.3 is 0 Å². The van der Waals surface area contributed by atoms with E-state index >= 15 is 0 Å². The van der Waals surface area contributed by atoms with Crippen LogP contribution in [0.3, 0.4) is 0 Å². The lowest BCUT2D eigenvalue weighted by Crippen LogP contribution is -2.49. The first-order valence-corrected chi connectivity index (χ1v) is 10.9. The Morgan fingerprint density at radius 3 is 1.74 bits per heavy atom. The van der Waals surface area contributed by atoms with E-state index in [-0.39, 0.29) is 17.9 Å². The van der Waals surface area contributed by atoms with Crippen molar-refractivity contribution in [2.45, 2.75) is 24.2 Å². The number of nitro groups is 1. The van der Waals surface area contributed by atoms with Gasteiger partial charge >= 0.3 is 0 Å². The van der Waals surface area contributed by atoms with Crippen LogP contribution >= 0.6 is 0 Å². The van der Waals surface area contributed by atoms with Gasteiger partial charge in [0, 0.05) is 17.5 Å². The van der Waals surface area contributed by atoms with Crippen molar-refractivity contribution in [3.63, 3.8) is 0 Å². The Hall–Kier alpha value is -4.30. The van der Waals surface area contributed by atoms with Gasteiger partial charge in [0.05, 0.1) is 16.4 Å². The summed E-state index contributed by atoms with van der Waals surface area (Å²) in [5, 5.41) is 22.1. The molecule has 0 N–H and O–H groups in total. The zero-order chi connectivity index (χ0) is 24.2. The molecule has 34 heavy (non-hydrogen) atoms. The van der Waals surface area contributed by atoms with Gasteiger partial charge in [-0.05, 0) is 47.7 Å². The Morgan fingerprint density at radius 1 is 0.794 bits per heavy atom. The molecule has 0 fully saturated rings. The number of hydrogen-bond donors (Lipinski definition) is 0. The number of rotatable bonds is 7. The van der Waals surface area contributed by atoms with Gasteiger partial charge in [0.1, 0.15) is 5.82 Å². The second-order valence-corrected chi connectivity index (χ2v) is 8.48. The molecule has 0 bridgehead atoms. The molecule has 0 saturated heterocycles. The third kappa shape index (κ3) is 3.95. The Balaban J connectivity index is 2.01. The van der Waals surface area contributed by atoms with Crippen LogP contribution in [0.1, 0.15) is 29.2 Å². The summed E-state index contributed by atoms with van der Waals surface area (Å²) in [5.41, 5.74) is 1.33. The molecule has 0 aliphatic rings. The molecule has 4 aromatic rings. The first kappa shape index (κ1) is 22.9. The third-order valence-corrected chi connectivity index (χ3v) is 6.70. The summed E-state index contributed by atoms with van der Waals surface area (Å²) in [5.74, 6) is -0.382. The Labute approximate surface area is 198 Å². The van der Waals surface area contributed by atoms with E-state index < -0.39 is 15.8 Å². The lowest BCUT2D eigenvalue weighted by Gasteiger charge is -2.46. The van der Waals surface area contributed by atoms with E-state index in [1.54, 1.807) is 24.3 Å². The smallest absolute Gasteiger partial charge is 0.258 e. The lowest BCUT2D eigenvalue weighted by molar-refractivity contribution is -0.384. The molecule has 4 aromatic carbocycles. The summed E-state index contributed by atoms with van der Waals surface area (Å²) in [7, 11) is 0. The van der Waals surface area contributed by atoms with Crippen molar-refractivity contribution >= 4 is 5.69 Å². The molecule has 0 aromatic heterocycles. The maximum atomic E-state index is 13.9. The summed E-state index contributed by atoms with van der Waals surface area (Å²) >= 11 is 0. The lowest BCUT2D eigenvalue weighted by atomic mass is 9.53. The fourth-order valence-electron chi connectivity index (χ4n) is 4.76. The average molecular weight is 451 g/mol. The highest BCUT2D eigenvalue weighted by atomic mass is 19.1. The van der Waals surface area contributed by atoms with Gasteiger partial charge in [-0.15, -0.1) is 0 Å². The van der Waals surface area contributed by atoms with Gasteiger partial charge in [0.15, 0.2) is 0 Å². The van der Waals surface area contributed by atoms with Crippen LogP contribution in [0.15, 0.2) is 109 Å². The summed E-state index contributed by atoms with van der Waals surface area (Å²) < 4.78 is 13.9. The van der Waals surface area contributed by atoms with Crippen molar-refractivity contribution in [3.05, 3.63) is 147 Å². The molecule has 4 nitrogen and oxygen atoms in total. The van der Waals surface area contributed by atoms with Crippen molar-refractivity contribution in [3.8, 4) is 6.07 Å². The SMILES string of the molecule is CC(c1ccccc1)(c1ccccc1)C(C#N)(Cc1ccc([N+](=O)[O-])cc1)c1ccc(F)cc1. The van der Waals surface area contributed by atoms with Crippen LogP contribution in [0.2, 0.25) is 0 Å². The number of hydrogen-bond acceptors (Lipinski definition) is 3. The topological polar surface area (TPSA) is 66.9 Å². The highest BCUT2D eigenvalue weighted by molar-refractivity contribution is 5.53. The molecular formula is C29H23FN2O2. The Morgan fingerprint density at radius 2 is 1.29 bits per heavy atom. The summed E-state index contributed by atoms with van der Waals surface area (Å²) in [6.07, 6.45) is 0.271. The van der Waals surface area contributed by atoms with Crippen LogP contribution in [0, 0.1) is 27.3 Å². The van der Waals surface area contributed by atoms with Gasteiger partial charge in [-0.3, -0.25) is 10.1 Å². The largest absolute Gasteiger partial charge is 0.269 e. The number of halogens is 1. The molecule has 0 heterocycles. The van der Waals surface area contributed by atoms with Gasteiger partial charge in [-0.2, -0.15) is 5.26 Å². The van der Waals surface area contributed by atoms with Gasteiger partial charge in [-0.1, -0.05) is 84.9 Å². The van der Waals surface area contributed by atoms with Crippen molar-refractivity contribution < 1.29 is 9.31 Å². The third-order valence-electron chi connectivity index (χ3n) is 6.70. The van der Waals surface area contributed by atoms with Crippen molar-refractivity contribution in [1.29, 1.82) is 5.26 Å². The van der Waals surface area contributed by atoms with Gasteiger partial charge in [-0.25, -0.2) is 4.39 Å². The van der Waals surface area contributed by atoms with Crippen molar-refractivity contribution in [1.82, 2.24) is 0 Å². The maximum Gasteiger partial charge on any atom is 0.269 e. The van der Waals surface area contributed by atoms with Crippen LogP contribution in [0.25, 0.3) is 0 Å². The molecule has 0 amide bonds. The molecule has 5 heteroatoms. The minimum absolute atomic E-state index is 0.0121. The van der Waals surface area contributed by atoms with E-state index in [0.29, 0.717) is 5.56 Å². The zero-order valence-corrected chi connectivity index (χ0v) is 18.7. The first-order valence-electron chi connectivity index (χ1n) is 10.9. The molecule has 4 rings (SSSR count). The summed E-state index contributed by atoms with van der Waals surface area (Å²) in [6, 6.07) is 34.6. The predicted octanol–water partition coefficient (Wildman–Crippen LogP) is 6.74. The summed E-state index contributed by atoms with van der Waals surface area (Å²) in [4.78, 5) is 10.7. The van der Waals surface area contributed by atoms with Crippen molar-refractivity contribution in [2.24, 2.45) is 0 Å². The molecule has 168 valence electrons. The normalized spacial score (nSPS) is 13.0. The van der Waals surface area contributed by atoms with Crippen LogP contribution in [-0.2, 0) is 17.3 Å². The molecule has 0 aliphatic heterocycles. The second-order valence-electron chi connectivity index (χ2n) is 8.48. The van der Waals surface area contributed by atoms with E-state index in [0.717, 1.165) is 16.7 Å². The predicted molar refractivity (Wildman–Crippen MR) is 130 cm³/mol. The minimum atomic E-state index is -1.15. The molecule has 0 saturated carbocycles. The number of nitro benzene ring substituents is 1. The molecule has 1 unspecified atom stereocenters. The average Bonchev–Trinajstić information content (AvgIpc) is 2.88. The van der Waals surface area contributed by atoms with E-state index in [1.807, 2.05) is 67.6 Å². The maximum absolute atomic E-state index is 13.9. The minimum Gasteiger partial charge on any atom is -0.258 e. The summed E-state index contributed by atoms with van der Waals surface area (Å²) in [6.45, 7) is 2.04. The monoisotopic (exact) mass is 450 g/mol. The van der Waals surface area contributed by atoms with Crippen LogP contribution < -0.4 is 0 Å².